The molecular weight excluding hydrogens is 150 g/mol. The fraction of sp³-hybridized carbons (Fsp3) is 1.00. The zero-order chi connectivity index (χ0) is 8.81. The SMILES string of the molecule is CC(CO)N1CCCCCCC1. The highest BCUT2D eigenvalue weighted by Gasteiger charge is 2.13. The number of hydrogen-bond donors (Lipinski definition) is 1. The third-order valence-electron chi connectivity index (χ3n) is 2.78. The Morgan fingerprint density at radius 3 is 2.08 bits per heavy atom. The highest BCUT2D eigenvalue weighted by atomic mass is 16.3. The molecule has 1 atom stereocenters. The van der Waals surface area contributed by atoms with Crippen molar-refractivity contribution in [3.63, 3.8) is 0 Å². The maximum absolute atomic E-state index is 9.01. The molecule has 12 heavy (non-hydrogen) atoms. The van der Waals surface area contributed by atoms with Crippen molar-refractivity contribution in [1.82, 2.24) is 4.90 Å². The molecule has 0 spiro atoms. The summed E-state index contributed by atoms with van der Waals surface area (Å²) in [5.41, 5.74) is 0. The van der Waals surface area contributed by atoms with Gasteiger partial charge in [0, 0.05) is 6.04 Å². The number of nitrogens with zero attached hydrogens (tertiary/aromatic N) is 1. The molecule has 0 aliphatic carbocycles. The van der Waals surface area contributed by atoms with Crippen LogP contribution in [0, 0.1) is 0 Å². The van der Waals surface area contributed by atoms with Gasteiger partial charge in [-0.05, 0) is 32.9 Å². The topological polar surface area (TPSA) is 23.5 Å². The van der Waals surface area contributed by atoms with Crippen LogP contribution in [0.4, 0.5) is 0 Å². The number of aliphatic hydroxyl groups is 1. The first-order valence-corrected chi connectivity index (χ1v) is 5.19. The summed E-state index contributed by atoms with van der Waals surface area (Å²) in [5.74, 6) is 0. The number of aliphatic hydroxyl groups excluding tert-OH is 1. The number of hydrogen-bond acceptors (Lipinski definition) is 2. The molecule has 0 aromatic carbocycles. The van der Waals surface area contributed by atoms with Crippen molar-refractivity contribution < 1.29 is 5.11 Å². The molecule has 1 unspecified atom stereocenters. The van der Waals surface area contributed by atoms with E-state index in [2.05, 4.69) is 11.8 Å². The van der Waals surface area contributed by atoms with Gasteiger partial charge in [-0.25, -0.2) is 0 Å². The monoisotopic (exact) mass is 171 g/mol. The lowest BCUT2D eigenvalue weighted by Crippen LogP contribution is -2.37. The highest BCUT2D eigenvalue weighted by molar-refractivity contribution is 4.68. The van der Waals surface area contributed by atoms with Crippen LogP contribution in [-0.4, -0.2) is 35.7 Å². The fourth-order valence-electron chi connectivity index (χ4n) is 1.83. The molecule has 1 rings (SSSR count). The van der Waals surface area contributed by atoms with E-state index >= 15 is 0 Å². The van der Waals surface area contributed by atoms with Gasteiger partial charge in [-0.1, -0.05) is 19.3 Å². The van der Waals surface area contributed by atoms with Gasteiger partial charge in [-0.15, -0.1) is 0 Å². The molecular formula is C10H21NO. The second-order valence-electron chi connectivity index (χ2n) is 3.84. The minimum Gasteiger partial charge on any atom is -0.395 e. The second-order valence-corrected chi connectivity index (χ2v) is 3.84. The Hall–Kier alpha value is -0.0800. The van der Waals surface area contributed by atoms with E-state index in [1.807, 2.05) is 0 Å². The van der Waals surface area contributed by atoms with E-state index in [0.717, 1.165) is 0 Å². The summed E-state index contributed by atoms with van der Waals surface area (Å²) in [7, 11) is 0. The van der Waals surface area contributed by atoms with Crippen molar-refractivity contribution >= 4 is 0 Å². The molecule has 0 radical (unpaired) electrons. The summed E-state index contributed by atoms with van der Waals surface area (Å²) in [4.78, 5) is 2.42. The summed E-state index contributed by atoms with van der Waals surface area (Å²) in [6.07, 6.45) is 6.76. The highest BCUT2D eigenvalue weighted by Crippen LogP contribution is 2.12. The molecule has 0 bridgehead atoms. The Labute approximate surface area is 75.6 Å². The van der Waals surface area contributed by atoms with Gasteiger partial charge in [0.15, 0.2) is 0 Å². The summed E-state index contributed by atoms with van der Waals surface area (Å²) >= 11 is 0. The Morgan fingerprint density at radius 1 is 1.08 bits per heavy atom. The average molecular weight is 171 g/mol. The third kappa shape index (κ3) is 3.11. The van der Waals surface area contributed by atoms with Crippen molar-refractivity contribution in [3.05, 3.63) is 0 Å². The Balaban J connectivity index is 2.29. The van der Waals surface area contributed by atoms with Gasteiger partial charge in [0.05, 0.1) is 6.61 Å². The molecule has 2 nitrogen and oxygen atoms in total. The predicted molar refractivity (Wildman–Crippen MR) is 51.2 cm³/mol. The summed E-state index contributed by atoms with van der Waals surface area (Å²) < 4.78 is 0. The zero-order valence-electron chi connectivity index (χ0n) is 8.13. The summed E-state index contributed by atoms with van der Waals surface area (Å²) in [6.45, 7) is 4.78. The van der Waals surface area contributed by atoms with Crippen molar-refractivity contribution in [2.45, 2.75) is 45.1 Å². The molecule has 1 fully saturated rings. The van der Waals surface area contributed by atoms with Crippen LogP contribution in [0.2, 0.25) is 0 Å². The molecule has 1 heterocycles. The van der Waals surface area contributed by atoms with Gasteiger partial charge in [-0.3, -0.25) is 4.90 Å². The molecule has 0 saturated carbocycles. The van der Waals surface area contributed by atoms with E-state index in [1.54, 1.807) is 0 Å². The minimum absolute atomic E-state index is 0.306. The summed E-state index contributed by atoms with van der Waals surface area (Å²) in [5, 5.41) is 9.01. The maximum atomic E-state index is 9.01. The van der Waals surface area contributed by atoms with E-state index in [9.17, 15) is 0 Å². The molecule has 0 amide bonds. The molecule has 0 aromatic heterocycles. The van der Waals surface area contributed by atoms with E-state index in [1.165, 1.54) is 45.2 Å². The van der Waals surface area contributed by atoms with Crippen molar-refractivity contribution in [1.29, 1.82) is 0 Å². The first-order valence-electron chi connectivity index (χ1n) is 5.19. The predicted octanol–water partition coefficient (Wildman–Crippen LogP) is 1.63. The lowest BCUT2D eigenvalue weighted by molar-refractivity contribution is 0.125. The van der Waals surface area contributed by atoms with Crippen molar-refractivity contribution in [2.24, 2.45) is 0 Å². The van der Waals surface area contributed by atoms with E-state index < -0.39 is 0 Å². The third-order valence-corrected chi connectivity index (χ3v) is 2.78. The van der Waals surface area contributed by atoms with Gasteiger partial charge >= 0.3 is 0 Å². The van der Waals surface area contributed by atoms with Crippen LogP contribution in [-0.2, 0) is 0 Å². The largest absolute Gasteiger partial charge is 0.395 e. The quantitative estimate of drug-likeness (QED) is 0.682. The first kappa shape index (κ1) is 10.0. The van der Waals surface area contributed by atoms with Gasteiger partial charge in [-0.2, -0.15) is 0 Å². The number of likely N-dealkylation sites (tertiary alicyclic amines) is 1. The Bertz CT molecular complexity index is 108. The van der Waals surface area contributed by atoms with Crippen molar-refractivity contribution in [2.75, 3.05) is 19.7 Å². The molecule has 1 N–H and O–H groups in total. The first-order chi connectivity index (χ1) is 5.84. The van der Waals surface area contributed by atoms with Gasteiger partial charge < -0.3 is 5.11 Å². The Morgan fingerprint density at radius 2 is 1.58 bits per heavy atom. The normalized spacial score (nSPS) is 24.5. The molecule has 1 aliphatic heterocycles. The maximum Gasteiger partial charge on any atom is 0.0584 e. The van der Waals surface area contributed by atoms with Crippen LogP contribution in [0.25, 0.3) is 0 Å². The van der Waals surface area contributed by atoms with Crippen LogP contribution in [0.1, 0.15) is 39.0 Å². The van der Waals surface area contributed by atoms with E-state index in [4.69, 9.17) is 5.11 Å². The lowest BCUT2D eigenvalue weighted by Gasteiger charge is -2.29. The number of rotatable bonds is 2. The minimum atomic E-state index is 0.306. The Kier molecular flexibility index (Phi) is 4.62. The summed E-state index contributed by atoms with van der Waals surface area (Å²) in [6, 6.07) is 0.364. The van der Waals surface area contributed by atoms with Crippen LogP contribution < -0.4 is 0 Å². The van der Waals surface area contributed by atoms with Crippen LogP contribution in [0.15, 0.2) is 0 Å². The fourth-order valence-corrected chi connectivity index (χ4v) is 1.83. The van der Waals surface area contributed by atoms with E-state index in [0.29, 0.717) is 12.6 Å². The van der Waals surface area contributed by atoms with Gasteiger partial charge in [0.1, 0.15) is 0 Å². The van der Waals surface area contributed by atoms with Gasteiger partial charge in [0.2, 0.25) is 0 Å². The van der Waals surface area contributed by atoms with Crippen LogP contribution >= 0.6 is 0 Å². The molecule has 0 aromatic rings. The van der Waals surface area contributed by atoms with Crippen LogP contribution in [0.5, 0.6) is 0 Å². The lowest BCUT2D eigenvalue weighted by atomic mass is 10.1. The average Bonchev–Trinajstić information content (AvgIpc) is 2.02. The van der Waals surface area contributed by atoms with E-state index in [-0.39, 0.29) is 0 Å². The van der Waals surface area contributed by atoms with Crippen LogP contribution in [0.3, 0.4) is 0 Å². The standard InChI is InChI=1S/C10H21NO/c1-10(9-12)11-7-5-3-2-4-6-8-11/h10,12H,2-9H2,1H3. The van der Waals surface area contributed by atoms with Gasteiger partial charge in [0.25, 0.3) is 0 Å². The van der Waals surface area contributed by atoms with Crippen molar-refractivity contribution in [3.8, 4) is 0 Å². The molecule has 1 saturated heterocycles. The molecule has 72 valence electrons. The zero-order valence-corrected chi connectivity index (χ0v) is 8.13. The smallest absolute Gasteiger partial charge is 0.0584 e. The molecule has 2 heteroatoms. The second kappa shape index (κ2) is 5.55. The molecule has 1 aliphatic rings.